The van der Waals surface area contributed by atoms with Crippen LogP contribution in [-0.4, -0.2) is 33.7 Å². The van der Waals surface area contributed by atoms with Gasteiger partial charge in [0, 0.05) is 0 Å². The van der Waals surface area contributed by atoms with Gasteiger partial charge in [-0.1, -0.05) is 40.9 Å². The maximum Gasteiger partial charge on any atom is 0.248 e. The fourth-order valence-corrected chi connectivity index (χ4v) is 2.66. The molecule has 0 aliphatic heterocycles. The van der Waals surface area contributed by atoms with Gasteiger partial charge in [-0.25, -0.2) is 4.98 Å². The Morgan fingerprint density at radius 2 is 1.58 bits per heavy atom. The van der Waals surface area contributed by atoms with Crippen molar-refractivity contribution in [2.75, 3.05) is 14.2 Å². The van der Waals surface area contributed by atoms with Crippen molar-refractivity contribution in [2.24, 2.45) is 0 Å². The summed E-state index contributed by atoms with van der Waals surface area (Å²) in [6.07, 6.45) is 0. The lowest BCUT2D eigenvalue weighted by molar-refractivity contribution is 0.370. The molecule has 0 spiro atoms. The van der Waals surface area contributed by atoms with Crippen LogP contribution in [0.2, 0.25) is 0 Å². The largest absolute Gasteiger partial charge is 0.481 e. The second kappa shape index (κ2) is 6.27. The van der Waals surface area contributed by atoms with E-state index in [1.807, 2.05) is 25.1 Å². The normalized spacial score (nSPS) is 11.8. The molecule has 2 heterocycles. The van der Waals surface area contributed by atoms with E-state index in [-0.39, 0.29) is 11.8 Å². The molecule has 24 heavy (non-hydrogen) atoms. The van der Waals surface area contributed by atoms with Gasteiger partial charge in [0.25, 0.3) is 0 Å². The number of ether oxygens (including phenoxy) is 2. The third-order valence-corrected chi connectivity index (χ3v) is 3.86. The zero-order valence-electron chi connectivity index (χ0n) is 13.0. The second-order valence-corrected chi connectivity index (χ2v) is 7.29. The van der Waals surface area contributed by atoms with Crippen molar-refractivity contribution < 1.29 is 9.47 Å². The minimum absolute atomic E-state index is 0.184. The molecular formula is C15H13Cl3N4O2. The Morgan fingerprint density at radius 3 is 2.12 bits per heavy atom. The minimum Gasteiger partial charge on any atom is -0.481 e. The molecule has 0 saturated heterocycles. The number of methoxy groups -OCH3 is 2. The topological polar surface area (TPSA) is 62.1 Å². The number of fused-ring (bicyclic) bond motifs is 1. The number of alkyl halides is 3. The average molecular weight is 388 g/mol. The molecule has 1 aromatic carbocycles. The zero-order chi connectivity index (χ0) is 17.5. The first-order chi connectivity index (χ1) is 11.3. The average Bonchev–Trinajstić information content (AvgIpc) is 2.93. The summed E-state index contributed by atoms with van der Waals surface area (Å²) in [5.74, 6) is 1.06. The summed E-state index contributed by atoms with van der Waals surface area (Å²) < 4.78 is 10.2. The molecular weight excluding hydrogens is 375 g/mol. The highest BCUT2D eigenvalue weighted by Gasteiger charge is 2.32. The van der Waals surface area contributed by atoms with Crippen molar-refractivity contribution in [3.8, 4) is 17.7 Å². The van der Waals surface area contributed by atoms with Gasteiger partial charge in [-0.05, 0) is 24.6 Å². The van der Waals surface area contributed by atoms with Gasteiger partial charge < -0.3 is 9.47 Å². The molecule has 0 aliphatic rings. The first-order valence-corrected chi connectivity index (χ1v) is 8.00. The molecule has 126 valence electrons. The number of halogens is 3. The van der Waals surface area contributed by atoms with Crippen molar-refractivity contribution in [1.82, 2.24) is 19.5 Å². The fraction of sp³-hybridized carbons (Fsp3) is 0.267. The van der Waals surface area contributed by atoms with Crippen molar-refractivity contribution in [2.45, 2.75) is 10.7 Å². The Bertz CT molecular complexity index is 883. The fourth-order valence-electron chi connectivity index (χ4n) is 2.28. The van der Waals surface area contributed by atoms with Gasteiger partial charge in [-0.2, -0.15) is 9.97 Å². The molecule has 0 N–H and O–H groups in total. The summed E-state index contributed by atoms with van der Waals surface area (Å²) >= 11 is 18.3. The zero-order valence-corrected chi connectivity index (χ0v) is 15.3. The Labute approximate surface area is 153 Å². The smallest absolute Gasteiger partial charge is 0.248 e. The number of imidazole rings is 1. The number of aromatic nitrogens is 4. The highest BCUT2D eigenvalue weighted by atomic mass is 35.6. The highest BCUT2D eigenvalue weighted by Crippen LogP contribution is 2.40. The predicted octanol–water partition coefficient (Wildman–Crippen LogP) is 3.97. The van der Waals surface area contributed by atoms with E-state index in [0.29, 0.717) is 22.8 Å². The van der Waals surface area contributed by atoms with Crippen LogP contribution in [0.4, 0.5) is 0 Å². The van der Waals surface area contributed by atoms with Crippen LogP contribution >= 0.6 is 34.8 Å². The third-order valence-electron chi connectivity index (χ3n) is 3.35. The van der Waals surface area contributed by atoms with Crippen LogP contribution in [0.3, 0.4) is 0 Å². The summed E-state index contributed by atoms with van der Waals surface area (Å²) in [7, 11) is 2.99. The maximum atomic E-state index is 6.10. The van der Waals surface area contributed by atoms with Crippen LogP contribution < -0.4 is 9.47 Å². The van der Waals surface area contributed by atoms with E-state index in [1.54, 1.807) is 10.6 Å². The molecule has 0 atom stereocenters. The van der Waals surface area contributed by atoms with E-state index < -0.39 is 3.79 Å². The van der Waals surface area contributed by atoms with Gasteiger partial charge in [0.05, 0.1) is 31.3 Å². The molecule has 0 aliphatic carbocycles. The number of rotatable bonds is 3. The number of hydrogen-bond donors (Lipinski definition) is 0. The van der Waals surface area contributed by atoms with Gasteiger partial charge in [0.2, 0.25) is 21.5 Å². The standard InChI is InChI=1S/C15H13Cl3N4O2/c1-8-4-5-10-9(6-8)19-13(15(16,17)18)22(10)14-20-11(23-2)7-12(21-14)24-3/h4-7H,1-3H3. The maximum absolute atomic E-state index is 6.10. The molecule has 0 radical (unpaired) electrons. The number of nitrogens with zero attached hydrogens (tertiary/aromatic N) is 4. The van der Waals surface area contributed by atoms with Gasteiger partial charge in [0.1, 0.15) is 0 Å². The molecule has 9 heteroatoms. The van der Waals surface area contributed by atoms with Crippen LogP contribution in [0.15, 0.2) is 24.3 Å². The molecule has 0 fully saturated rings. The van der Waals surface area contributed by atoms with Crippen molar-refractivity contribution in [1.29, 1.82) is 0 Å². The number of aryl methyl sites for hydroxylation is 1. The lowest BCUT2D eigenvalue weighted by atomic mass is 10.2. The summed E-state index contributed by atoms with van der Waals surface area (Å²) in [6, 6.07) is 7.25. The predicted molar refractivity (Wildman–Crippen MR) is 93.7 cm³/mol. The summed E-state index contributed by atoms with van der Waals surface area (Å²) in [5, 5.41) is 0. The Morgan fingerprint density at radius 1 is 0.958 bits per heavy atom. The first-order valence-electron chi connectivity index (χ1n) is 6.87. The van der Waals surface area contributed by atoms with Crippen LogP contribution in [-0.2, 0) is 3.79 Å². The first kappa shape index (κ1) is 17.1. The van der Waals surface area contributed by atoms with Crippen LogP contribution in [0.5, 0.6) is 11.8 Å². The molecule has 0 bridgehead atoms. The van der Waals surface area contributed by atoms with Crippen LogP contribution in [0.1, 0.15) is 11.4 Å². The van der Waals surface area contributed by atoms with E-state index in [9.17, 15) is 0 Å². The third kappa shape index (κ3) is 3.09. The highest BCUT2D eigenvalue weighted by molar-refractivity contribution is 6.66. The Balaban J connectivity index is 2.36. The molecule has 6 nitrogen and oxygen atoms in total. The van der Waals surface area contributed by atoms with Gasteiger partial charge >= 0.3 is 0 Å². The van der Waals surface area contributed by atoms with E-state index in [4.69, 9.17) is 44.3 Å². The van der Waals surface area contributed by atoms with Crippen molar-refractivity contribution in [3.05, 3.63) is 35.7 Å². The summed E-state index contributed by atoms with van der Waals surface area (Å²) in [4.78, 5) is 13.1. The minimum atomic E-state index is -1.76. The van der Waals surface area contributed by atoms with Crippen LogP contribution in [0, 0.1) is 6.92 Å². The van der Waals surface area contributed by atoms with Gasteiger partial charge in [-0.3, -0.25) is 4.57 Å². The van der Waals surface area contributed by atoms with Crippen LogP contribution in [0.25, 0.3) is 17.0 Å². The molecule has 0 unspecified atom stereocenters. The van der Waals surface area contributed by atoms with E-state index >= 15 is 0 Å². The van der Waals surface area contributed by atoms with Crippen molar-refractivity contribution in [3.63, 3.8) is 0 Å². The Hall–Kier alpha value is -1.76. The molecule has 0 amide bonds. The summed E-state index contributed by atoms with van der Waals surface area (Å²) in [6.45, 7) is 1.96. The van der Waals surface area contributed by atoms with E-state index in [1.165, 1.54) is 14.2 Å². The molecule has 3 aromatic rings. The van der Waals surface area contributed by atoms with Gasteiger partial charge in [-0.15, -0.1) is 0 Å². The monoisotopic (exact) mass is 386 g/mol. The summed E-state index contributed by atoms with van der Waals surface area (Å²) in [5.41, 5.74) is 2.41. The van der Waals surface area contributed by atoms with E-state index in [0.717, 1.165) is 5.56 Å². The molecule has 2 aromatic heterocycles. The van der Waals surface area contributed by atoms with Gasteiger partial charge in [0.15, 0.2) is 5.82 Å². The Kier molecular flexibility index (Phi) is 4.46. The number of hydrogen-bond acceptors (Lipinski definition) is 5. The second-order valence-electron chi connectivity index (χ2n) is 5.01. The van der Waals surface area contributed by atoms with E-state index in [2.05, 4.69) is 15.0 Å². The van der Waals surface area contributed by atoms with Crippen molar-refractivity contribution >= 4 is 45.8 Å². The molecule has 3 rings (SSSR count). The molecule has 0 saturated carbocycles. The lowest BCUT2D eigenvalue weighted by Gasteiger charge is -2.14. The quantitative estimate of drug-likeness (QED) is 0.636. The lowest BCUT2D eigenvalue weighted by Crippen LogP contribution is -2.13. The number of benzene rings is 1. The SMILES string of the molecule is COc1cc(OC)nc(-n2c(C(Cl)(Cl)Cl)nc3cc(C)ccc32)n1.